The van der Waals surface area contributed by atoms with Crippen LogP contribution in [0.5, 0.6) is 0 Å². The summed E-state index contributed by atoms with van der Waals surface area (Å²) in [7, 11) is -3.94. The average molecular weight is 409 g/mol. The van der Waals surface area contributed by atoms with Gasteiger partial charge in [-0.3, -0.25) is 9.52 Å². The van der Waals surface area contributed by atoms with E-state index in [0.717, 1.165) is 11.1 Å². The molecule has 0 aliphatic carbocycles. The standard InChI is InChI=1S/C20H25ClN2O3S/c1-12(2)15(5)22-20(24)16-7-9-18(21)19(11-16)27(25,26)23-17-8-6-13(3)14(4)10-17/h6-12,15,23H,1-5H3,(H,22,24)/t15-/m1/s1. The van der Waals surface area contributed by atoms with Crippen molar-refractivity contribution in [2.45, 2.75) is 45.6 Å². The predicted octanol–water partition coefficient (Wildman–Crippen LogP) is 4.53. The maximum Gasteiger partial charge on any atom is 0.263 e. The molecule has 0 heterocycles. The normalized spacial score (nSPS) is 12.7. The molecule has 2 rings (SSSR count). The number of carbonyl (C=O) groups excluding carboxylic acids is 1. The summed E-state index contributed by atoms with van der Waals surface area (Å²) in [6, 6.07) is 9.48. The zero-order valence-corrected chi connectivity index (χ0v) is 17.7. The van der Waals surface area contributed by atoms with Gasteiger partial charge in [-0.2, -0.15) is 0 Å². The molecule has 0 saturated heterocycles. The maximum atomic E-state index is 12.8. The van der Waals surface area contributed by atoms with Gasteiger partial charge in [0.2, 0.25) is 0 Å². The molecule has 0 aliphatic rings. The minimum absolute atomic E-state index is 0.0399. The SMILES string of the molecule is Cc1ccc(NS(=O)(=O)c2cc(C(=O)N[C@H](C)C(C)C)ccc2Cl)cc1C. The average Bonchev–Trinajstić information content (AvgIpc) is 2.57. The fourth-order valence-corrected chi connectivity index (χ4v) is 3.90. The highest BCUT2D eigenvalue weighted by Gasteiger charge is 2.21. The number of sulfonamides is 1. The summed E-state index contributed by atoms with van der Waals surface area (Å²) in [5, 5.41) is 2.92. The van der Waals surface area contributed by atoms with Crippen LogP contribution in [-0.2, 0) is 10.0 Å². The molecular weight excluding hydrogens is 384 g/mol. The molecule has 1 amide bonds. The summed E-state index contributed by atoms with van der Waals surface area (Å²) in [4.78, 5) is 12.3. The molecule has 7 heteroatoms. The molecule has 0 bridgehead atoms. The van der Waals surface area contributed by atoms with E-state index in [1.165, 1.54) is 18.2 Å². The molecule has 2 N–H and O–H groups in total. The van der Waals surface area contributed by atoms with Crippen LogP contribution in [0.15, 0.2) is 41.3 Å². The van der Waals surface area contributed by atoms with Gasteiger partial charge in [0.25, 0.3) is 15.9 Å². The Morgan fingerprint density at radius 1 is 1.00 bits per heavy atom. The van der Waals surface area contributed by atoms with Crippen molar-refractivity contribution in [2.24, 2.45) is 5.92 Å². The Balaban J connectivity index is 2.33. The molecule has 0 unspecified atom stereocenters. The van der Waals surface area contributed by atoms with Gasteiger partial charge in [-0.05, 0) is 68.1 Å². The number of anilines is 1. The molecule has 0 spiro atoms. The molecular formula is C20H25ClN2O3S. The smallest absolute Gasteiger partial charge is 0.263 e. The van der Waals surface area contributed by atoms with E-state index in [9.17, 15) is 13.2 Å². The summed E-state index contributed by atoms with van der Waals surface area (Å²) in [5.41, 5.74) is 2.72. The molecule has 0 fully saturated rings. The van der Waals surface area contributed by atoms with Gasteiger partial charge >= 0.3 is 0 Å². The Labute approximate surface area is 166 Å². The number of hydrogen-bond acceptors (Lipinski definition) is 3. The highest BCUT2D eigenvalue weighted by atomic mass is 35.5. The van der Waals surface area contributed by atoms with E-state index in [4.69, 9.17) is 11.6 Å². The van der Waals surface area contributed by atoms with E-state index in [2.05, 4.69) is 10.0 Å². The molecule has 0 saturated carbocycles. The van der Waals surface area contributed by atoms with Crippen LogP contribution >= 0.6 is 11.6 Å². The van der Waals surface area contributed by atoms with Crippen molar-refractivity contribution >= 4 is 33.2 Å². The molecule has 2 aromatic rings. The van der Waals surface area contributed by atoms with Gasteiger partial charge < -0.3 is 5.32 Å². The molecule has 0 radical (unpaired) electrons. The third-order valence-electron chi connectivity index (χ3n) is 4.60. The molecule has 5 nitrogen and oxygen atoms in total. The van der Waals surface area contributed by atoms with Crippen LogP contribution in [-0.4, -0.2) is 20.4 Å². The molecule has 0 aromatic heterocycles. The number of rotatable bonds is 6. The Kier molecular flexibility index (Phi) is 6.54. The lowest BCUT2D eigenvalue weighted by Crippen LogP contribution is -2.36. The molecule has 27 heavy (non-hydrogen) atoms. The highest BCUT2D eigenvalue weighted by molar-refractivity contribution is 7.92. The van der Waals surface area contributed by atoms with Crippen LogP contribution in [0.2, 0.25) is 5.02 Å². The van der Waals surface area contributed by atoms with Crippen LogP contribution in [0.1, 0.15) is 42.3 Å². The van der Waals surface area contributed by atoms with Crippen molar-refractivity contribution in [1.29, 1.82) is 0 Å². The molecule has 1 atom stereocenters. The lowest BCUT2D eigenvalue weighted by Gasteiger charge is -2.18. The second kappa shape index (κ2) is 8.31. The monoisotopic (exact) mass is 408 g/mol. The van der Waals surface area contributed by atoms with Crippen molar-refractivity contribution < 1.29 is 13.2 Å². The van der Waals surface area contributed by atoms with Crippen LogP contribution < -0.4 is 10.0 Å². The lowest BCUT2D eigenvalue weighted by atomic mass is 10.1. The fraction of sp³-hybridized carbons (Fsp3) is 0.350. The number of aryl methyl sites for hydroxylation is 2. The first-order chi connectivity index (χ1) is 12.5. The third kappa shape index (κ3) is 5.23. The van der Waals surface area contributed by atoms with Gasteiger partial charge in [0.15, 0.2) is 0 Å². The van der Waals surface area contributed by atoms with Gasteiger partial charge in [0.1, 0.15) is 4.90 Å². The van der Waals surface area contributed by atoms with Crippen LogP contribution in [0.25, 0.3) is 0 Å². The zero-order valence-electron chi connectivity index (χ0n) is 16.1. The maximum absolute atomic E-state index is 12.8. The van der Waals surface area contributed by atoms with E-state index in [-0.39, 0.29) is 33.3 Å². The van der Waals surface area contributed by atoms with Crippen molar-refractivity contribution in [3.63, 3.8) is 0 Å². The molecule has 146 valence electrons. The number of halogens is 1. The first-order valence-corrected chi connectivity index (χ1v) is 10.6. The van der Waals surface area contributed by atoms with Gasteiger partial charge in [-0.25, -0.2) is 8.42 Å². The topological polar surface area (TPSA) is 75.3 Å². The fourth-order valence-electron chi connectivity index (χ4n) is 2.32. The first kappa shape index (κ1) is 21.3. The van der Waals surface area contributed by atoms with Crippen molar-refractivity contribution in [2.75, 3.05) is 4.72 Å². The quantitative estimate of drug-likeness (QED) is 0.737. The molecule has 0 aliphatic heterocycles. The summed E-state index contributed by atoms with van der Waals surface area (Å²) in [6.45, 7) is 9.75. The third-order valence-corrected chi connectivity index (χ3v) is 6.46. The minimum atomic E-state index is -3.94. The predicted molar refractivity (Wildman–Crippen MR) is 110 cm³/mol. The van der Waals surface area contributed by atoms with E-state index >= 15 is 0 Å². The summed E-state index contributed by atoms with van der Waals surface area (Å²) >= 11 is 6.11. The van der Waals surface area contributed by atoms with E-state index < -0.39 is 10.0 Å². The van der Waals surface area contributed by atoms with E-state index in [1.54, 1.807) is 12.1 Å². The Hall–Kier alpha value is -2.05. The Morgan fingerprint density at radius 3 is 2.26 bits per heavy atom. The van der Waals surface area contributed by atoms with Crippen LogP contribution in [0.3, 0.4) is 0 Å². The number of benzene rings is 2. The second-order valence-corrected chi connectivity index (χ2v) is 9.11. The van der Waals surface area contributed by atoms with Gasteiger partial charge in [-0.15, -0.1) is 0 Å². The van der Waals surface area contributed by atoms with Gasteiger partial charge in [0.05, 0.1) is 5.02 Å². The Bertz CT molecular complexity index is 956. The number of hydrogen-bond donors (Lipinski definition) is 2. The first-order valence-electron chi connectivity index (χ1n) is 8.71. The van der Waals surface area contributed by atoms with Crippen molar-refractivity contribution in [3.05, 3.63) is 58.1 Å². The summed E-state index contributed by atoms with van der Waals surface area (Å²) < 4.78 is 28.1. The number of nitrogens with one attached hydrogen (secondary N) is 2. The van der Waals surface area contributed by atoms with E-state index in [1.807, 2.05) is 40.7 Å². The summed E-state index contributed by atoms with van der Waals surface area (Å²) in [5.74, 6) is -0.0774. The van der Waals surface area contributed by atoms with Crippen molar-refractivity contribution in [1.82, 2.24) is 5.32 Å². The minimum Gasteiger partial charge on any atom is -0.349 e. The Morgan fingerprint density at radius 2 is 1.67 bits per heavy atom. The number of amides is 1. The highest BCUT2D eigenvalue weighted by Crippen LogP contribution is 2.26. The largest absolute Gasteiger partial charge is 0.349 e. The summed E-state index contributed by atoms with van der Waals surface area (Å²) in [6.07, 6.45) is 0. The molecule has 2 aromatic carbocycles. The van der Waals surface area contributed by atoms with E-state index in [0.29, 0.717) is 5.69 Å². The van der Waals surface area contributed by atoms with Crippen molar-refractivity contribution in [3.8, 4) is 0 Å². The van der Waals surface area contributed by atoms with Gasteiger partial charge in [-0.1, -0.05) is 31.5 Å². The zero-order chi connectivity index (χ0) is 20.4. The number of carbonyl (C=O) groups is 1. The lowest BCUT2D eigenvalue weighted by molar-refractivity contribution is 0.0930. The van der Waals surface area contributed by atoms with Gasteiger partial charge in [0, 0.05) is 17.3 Å². The second-order valence-electron chi connectivity index (χ2n) is 7.06. The van der Waals surface area contributed by atoms with Crippen LogP contribution in [0, 0.1) is 19.8 Å². The van der Waals surface area contributed by atoms with Crippen LogP contribution in [0.4, 0.5) is 5.69 Å².